The molecule has 1 aliphatic carbocycles. The third-order valence-corrected chi connectivity index (χ3v) is 5.53. The lowest BCUT2D eigenvalue weighted by Gasteiger charge is -2.15. The van der Waals surface area contributed by atoms with Crippen LogP contribution in [-0.4, -0.2) is 35.7 Å². The molecule has 1 aliphatic rings. The van der Waals surface area contributed by atoms with E-state index < -0.39 is 29.8 Å². The maximum absolute atomic E-state index is 14.4. The fourth-order valence-corrected chi connectivity index (χ4v) is 3.84. The van der Waals surface area contributed by atoms with E-state index in [0.29, 0.717) is 0 Å². The Morgan fingerprint density at radius 2 is 1.61 bits per heavy atom. The molecule has 1 atom stereocenters. The van der Waals surface area contributed by atoms with Gasteiger partial charge in [0.25, 0.3) is 5.91 Å². The number of carboxylic acid groups (broad SMARTS) is 1. The van der Waals surface area contributed by atoms with E-state index in [1.807, 2.05) is 48.5 Å². The van der Waals surface area contributed by atoms with Crippen molar-refractivity contribution in [3.63, 3.8) is 0 Å². The molecule has 0 fully saturated rings. The SMILES string of the molecule is CC(NC(=O)c1ccc(NC(=O)OCC2c3ccccc3-c3ccccc32)c(F)c1)C(=O)O. The van der Waals surface area contributed by atoms with E-state index >= 15 is 0 Å². The van der Waals surface area contributed by atoms with Crippen molar-refractivity contribution in [2.24, 2.45) is 0 Å². The highest BCUT2D eigenvalue weighted by Crippen LogP contribution is 2.44. The average Bonchev–Trinajstić information content (AvgIpc) is 3.12. The fourth-order valence-electron chi connectivity index (χ4n) is 3.84. The second kappa shape index (κ2) is 9.12. The monoisotopic (exact) mass is 448 g/mol. The fraction of sp³-hybridized carbons (Fsp3) is 0.160. The minimum absolute atomic E-state index is 0.0707. The Bertz CT molecular complexity index is 1200. The highest BCUT2D eigenvalue weighted by molar-refractivity contribution is 5.97. The number of fused-ring (bicyclic) bond motifs is 3. The third kappa shape index (κ3) is 4.55. The number of halogens is 1. The molecule has 0 aromatic heterocycles. The summed E-state index contributed by atoms with van der Waals surface area (Å²) in [6, 6.07) is 18.1. The number of rotatable bonds is 6. The topological polar surface area (TPSA) is 105 Å². The van der Waals surface area contributed by atoms with Gasteiger partial charge in [-0.05, 0) is 47.4 Å². The molecule has 2 amide bonds. The van der Waals surface area contributed by atoms with Crippen molar-refractivity contribution in [1.29, 1.82) is 0 Å². The largest absolute Gasteiger partial charge is 0.480 e. The smallest absolute Gasteiger partial charge is 0.411 e. The summed E-state index contributed by atoms with van der Waals surface area (Å²) < 4.78 is 19.8. The highest BCUT2D eigenvalue weighted by Gasteiger charge is 2.29. The number of ether oxygens (including phenoxy) is 1. The van der Waals surface area contributed by atoms with E-state index in [2.05, 4.69) is 10.6 Å². The van der Waals surface area contributed by atoms with Gasteiger partial charge < -0.3 is 15.2 Å². The zero-order valence-electron chi connectivity index (χ0n) is 17.7. The summed E-state index contributed by atoms with van der Waals surface area (Å²) >= 11 is 0. The van der Waals surface area contributed by atoms with Crippen LogP contribution in [0.1, 0.15) is 34.3 Å². The zero-order valence-corrected chi connectivity index (χ0v) is 17.7. The molecule has 3 aromatic rings. The standard InChI is InChI=1S/C25H21FN2O5/c1-14(24(30)31)27-23(29)15-10-11-22(21(26)12-15)28-25(32)33-13-20-18-8-4-2-6-16(18)17-7-3-5-9-19(17)20/h2-12,14,20H,13H2,1H3,(H,27,29)(H,28,32)(H,30,31). The van der Waals surface area contributed by atoms with Gasteiger partial charge in [-0.3, -0.25) is 14.9 Å². The van der Waals surface area contributed by atoms with E-state index in [-0.39, 0.29) is 23.8 Å². The average molecular weight is 448 g/mol. The lowest BCUT2D eigenvalue weighted by atomic mass is 9.98. The number of carbonyl (C=O) groups is 3. The van der Waals surface area contributed by atoms with E-state index in [1.54, 1.807) is 0 Å². The Kier molecular flexibility index (Phi) is 6.08. The second-order valence-electron chi connectivity index (χ2n) is 7.68. The molecule has 0 radical (unpaired) electrons. The van der Waals surface area contributed by atoms with E-state index in [1.165, 1.54) is 19.1 Å². The molecule has 0 saturated heterocycles. The van der Waals surface area contributed by atoms with Gasteiger partial charge in [0, 0.05) is 11.5 Å². The van der Waals surface area contributed by atoms with Gasteiger partial charge in [-0.25, -0.2) is 9.18 Å². The van der Waals surface area contributed by atoms with Crippen molar-refractivity contribution in [2.45, 2.75) is 18.9 Å². The van der Waals surface area contributed by atoms with Crippen LogP contribution in [0.15, 0.2) is 66.7 Å². The van der Waals surface area contributed by atoms with E-state index in [9.17, 15) is 18.8 Å². The first-order valence-electron chi connectivity index (χ1n) is 10.3. The summed E-state index contributed by atoms with van der Waals surface area (Å²) in [6.45, 7) is 1.37. The summed E-state index contributed by atoms with van der Waals surface area (Å²) in [5.41, 5.74) is 4.08. The third-order valence-electron chi connectivity index (χ3n) is 5.53. The number of aliphatic carboxylic acids is 1. The Labute approximate surface area is 189 Å². The van der Waals surface area contributed by atoms with Gasteiger partial charge in [-0.15, -0.1) is 0 Å². The molecule has 168 valence electrons. The summed E-state index contributed by atoms with van der Waals surface area (Å²) in [5.74, 6) is -2.93. The lowest BCUT2D eigenvalue weighted by molar-refractivity contribution is -0.138. The maximum atomic E-state index is 14.4. The highest BCUT2D eigenvalue weighted by atomic mass is 19.1. The van der Waals surface area contributed by atoms with Crippen LogP contribution >= 0.6 is 0 Å². The number of carbonyl (C=O) groups excluding carboxylic acids is 2. The van der Waals surface area contributed by atoms with E-state index in [4.69, 9.17) is 9.84 Å². The van der Waals surface area contributed by atoms with Crippen LogP contribution in [0, 0.1) is 5.82 Å². The quantitative estimate of drug-likeness (QED) is 0.519. The number of carboxylic acids is 1. The summed E-state index contributed by atoms with van der Waals surface area (Å²) in [6.07, 6.45) is -0.826. The lowest BCUT2D eigenvalue weighted by Crippen LogP contribution is -2.38. The molecule has 0 spiro atoms. The van der Waals surface area contributed by atoms with Crippen LogP contribution in [0.5, 0.6) is 0 Å². The van der Waals surface area contributed by atoms with Crippen LogP contribution < -0.4 is 10.6 Å². The minimum atomic E-state index is -1.21. The Morgan fingerprint density at radius 1 is 1.00 bits per heavy atom. The first kappa shape index (κ1) is 22.0. The number of anilines is 1. The predicted molar refractivity (Wildman–Crippen MR) is 120 cm³/mol. The van der Waals surface area contributed by atoms with Gasteiger partial charge in [0.05, 0.1) is 5.69 Å². The van der Waals surface area contributed by atoms with Crippen molar-refractivity contribution >= 4 is 23.7 Å². The zero-order chi connectivity index (χ0) is 23.5. The molecule has 0 aliphatic heterocycles. The molecule has 33 heavy (non-hydrogen) atoms. The molecular weight excluding hydrogens is 427 g/mol. The van der Waals surface area contributed by atoms with Crippen molar-refractivity contribution in [3.05, 3.63) is 89.2 Å². The molecule has 1 unspecified atom stereocenters. The van der Waals surface area contributed by atoms with Gasteiger partial charge in [0.2, 0.25) is 0 Å². The van der Waals surface area contributed by atoms with Crippen LogP contribution in [0.2, 0.25) is 0 Å². The van der Waals surface area contributed by atoms with E-state index in [0.717, 1.165) is 28.3 Å². The number of hydrogen-bond acceptors (Lipinski definition) is 4. The molecular formula is C25H21FN2O5. The van der Waals surface area contributed by atoms with Crippen LogP contribution in [-0.2, 0) is 9.53 Å². The second-order valence-corrected chi connectivity index (χ2v) is 7.68. The molecule has 0 heterocycles. The van der Waals surface area contributed by atoms with Crippen molar-refractivity contribution in [2.75, 3.05) is 11.9 Å². The van der Waals surface area contributed by atoms with Crippen LogP contribution in [0.3, 0.4) is 0 Å². The number of benzene rings is 3. The van der Waals surface area contributed by atoms with Crippen molar-refractivity contribution in [1.82, 2.24) is 5.32 Å². The Morgan fingerprint density at radius 3 is 2.18 bits per heavy atom. The first-order chi connectivity index (χ1) is 15.8. The molecule has 7 nitrogen and oxygen atoms in total. The Hall–Kier alpha value is -4.20. The van der Waals surface area contributed by atoms with Gasteiger partial charge in [-0.1, -0.05) is 48.5 Å². The van der Waals surface area contributed by atoms with Gasteiger partial charge in [0.1, 0.15) is 18.5 Å². The van der Waals surface area contributed by atoms with Gasteiger partial charge in [0.15, 0.2) is 0 Å². The van der Waals surface area contributed by atoms with Gasteiger partial charge in [-0.2, -0.15) is 0 Å². The summed E-state index contributed by atoms with van der Waals surface area (Å²) in [4.78, 5) is 35.2. The number of hydrogen-bond donors (Lipinski definition) is 3. The minimum Gasteiger partial charge on any atom is -0.480 e. The molecule has 0 saturated carbocycles. The number of amides is 2. The molecule has 3 N–H and O–H groups in total. The van der Waals surface area contributed by atoms with Gasteiger partial charge >= 0.3 is 12.1 Å². The Balaban J connectivity index is 1.41. The molecule has 0 bridgehead atoms. The molecule has 4 rings (SSSR count). The summed E-state index contributed by atoms with van der Waals surface area (Å²) in [7, 11) is 0. The van der Waals surface area contributed by atoms with Crippen LogP contribution in [0.25, 0.3) is 11.1 Å². The molecule has 8 heteroatoms. The summed E-state index contributed by atoms with van der Waals surface area (Å²) in [5, 5.41) is 13.4. The number of nitrogens with one attached hydrogen (secondary N) is 2. The van der Waals surface area contributed by atoms with Crippen molar-refractivity contribution < 1.29 is 28.6 Å². The van der Waals surface area contributed by atoms with Crippen LogP contribution in [0.4, 0.5) is 14.9 Å². The van der Waals surface area contributed by atoms with Crippen molar-refractivity contribution in [3.8, 4) is 11.1 Å². The molecule has 3 aromatic carbocycles. The maximum Gasteiger partial charge on any atom is 0.411 e. The normalized spacial score (nSPS) is 12.9. The first-order valence-corrected chi connectivity index (χ1v) is 10.3. The predicted octanol–water partition coefficient (Wildman–Crippen LogP) is 4.39.